The predicted octanol–water partition coefficient (Wildman–Crippen LogP) is 6.54. The van der Waals surface area contributed by atoms with Gasteiger partial charge in [0.2, 0.25) is 0 Å². The fourth-order valence-corrected chi connectivity index (χ4v) is 3.00. The van der Waals surface area contributed by atoms with Crippen LogP contribution in [0.2, 0.25) is 0 Å². The number of benzene rings is 2. The van der Waals surface area contributed by atoms with Gasteiger partial charge in [-0.25, -0.2) is 0 Å². The molecule has 0 aliphatic heterocycles. The summed E-state index contributed by atoms with van der Waals surface area (Å²) < 4.78 is 5.86. The first kappa shape index (κ1) is 19.5. The van der Waals surface area contributed by atoms with Crippen LogP contribution in [0.25, 0.3) is 11.1 Å². The summed E-state index contributed by atoms with van der Waals surface area (Å²) in [6.45, 7) is 6.13. The monoisotopic (exact) mass is 340 g/mol. The summed E-state index contributed by atoms with van der Waals surface area (Å²) in [5.41, 5.74) is 3.60. The molecule has 0 radical (unpaired) electrons. The fraction of sp³-hybridized carbons (Fsp3) is 0.478. The van der Waals surface area contributed by atoms with Gasteiger partial charge in [0, 0.05) is 12.5 Å². The third-order valence-corrected chi connectivity index (χ3v) is 4.69. The van der Waals surface area contributed by atoms with E-state index in [2.05, 4.69) is 38.1 Å². The second kappa shape index (κ2) is 10.9. The van der Waals surface area contributed by atoms with Crippen molar-refractivity contribution in [3.63, 3.8) is 0 Å². The smallest absolute Gasteiger partial charge is 0.115 e. The summed E-state index contributed by atoms with van der Waals surface area (Å²) in [5, 5.41) is 9.38. The van der Waals surface area contributed by atoms with E-state index < -0.39 is 0 Å². The zero-order valence-electron chi connectivity index (χ0n) is 15.7. The van der Waals surface area contributed by atoms with E-state index in [1.807, 2.05) is 12.1 Å². The van der Waals surface area contributed by atoms with Gasteiger partial charge in [0.1, 0.15) is 5.75 Å². The molecule has 2 rings (SSSR count). The number of rotatable bonds is 11. The first-order valence-electron chi connectivity index (χ1n) is 9.68. The Bertz CT molecular complexity index is 586. The Balaban J connectivity index is 1.71. The van der Waals surface area contributed by atoms with Gasteiger partial charge in [-0.15, -0.1) is 0 Å². The van der Waals surface area contributed by atoms with Gasteiger partial charge < -0.3 is 9.84 Å². The van der Waals surface area contributed by atoms with Gasteiger partial charge in [-0.1, -0.05) is 82.3 Å². The Morgan fingerprint density at radius 1 is 0.800 bits per heavy atom. The van der Waals surface area contributed by atoms with Gasteiger partial charge in [-0.2, -0.15) is 0 Å². The van der Waals surface area contributed by atoms with Crippen LogP contribution in [0.5, 0.6) is 5.75 Å². The van der Waals surface area contributed by atoms with Gasteiger partial charge in [-0.05, 0) is 35.2 Å². The van der Waals surface area contributed by atoms with Gasteiger partial charge in [-0.3, -0.25) is 0 Å². The Morgan fingerprint density at radius 3 is 2.00 bits per heavy atom. The molecule has 0 saturated heterocycles. The van der Waals surface area contributed by atoms with Gasteiger partial charge >= 0.3 is 0 Å². The molecule has 136 valence electrons. The van der Waals surface area contributed by atoms with Crippen LogP contribution in [-0.2, 0) is 4.74 Å². The minimum atomic E-state index is 0.302. The molecule has 0 bridgehead atoms. The van der Waals surface area contributed by atoms with E-state index in [4.69, 9.17) is 4.74 Å². The lowest BCUT2D eigenvalue weighted by atomic mass is 9.98. The second-order valence-electron chi connectivity index (χ2n) is 6.91. The molecule has 2 aromatic rings. The topological polar surface area (TPSA) is 29.5 Å². The SMILES string of the molecule is CCCCCCCCOCC(C)c1ccc(-c2ccc(O)cc2)cc1. The Kier molecular flexibility index (Phi) is 8.54. The Hall–Kier alpha value is -1.80. The van der Waals surface area contributed by atoms with Crippen LogP contribution in [0.15, 0.2) is 48.5 Å². The van der Waals surface area contributed by atoms with Crippen molar-refractivity contribution in [3.05, 3.63) is 54.1 Å². The first-order valence-corrected chi connectivity index (χ1v) is 9.68. The summed E-state index contributed by atoms with van der Waals surface area (Å²) >= 11 is 0. The maximum absolute atomic E-state index is 9.38. The van der Waals surface area contributed by atoms with E-state index in [1.54, 1.807) is 12.1 Å². The minimum Gasteiger partial charge on any atom is -0.508 e. The van der Waals surface area contributed by atoms with Crippen LogP contribution in [-0.4, -0.2) is 18.3 Å². The van der Waals surface area contributed by atoms with Crippen LogP contribution in [0.3, 0.4) is 0 Å². The second-order valence-corrected chi connectivity index (χ2v) is 6.91. The highest BCUT2D eigenvalue weighted by molar-refractivity contribution is 5.64. The highest BCUT2D eigenvalue weighted by Crippen LogP contribution is 2.24. The van der Waals surface area contributed by atoms with Crippen LogP contribution >= 0.6 is 0 Å². The molecule has 1 N–H and O–H groups in total. The third kappa shape index (κ3) is 6.91. The van der Waals surface area contributed by atoms with Crippen molar-refractivity contribution in [2.24, 2.45) is 0 Å². The molecule has 0 aliphatic rings. The highest BCUT2D eigenvalue weighted by atomic mass is 16.5. The van der Waals surface area contributed by atoms with E-state index in [1.165, 1.54) is 49.7 Å². The predicted molar refractivity (Wildman–Crippen MR) is 106 cm³/mol. The number of aromatic hydroxyl groups is 1. The molecule has 2 heteroatoms. The number of phenols is 1. The number of phenolic OH excluding ortho intramolecular Hbond substituents is 1. The van der Waals surface area contributed by atoms with Crippen LogP contribution in [0.4, 0.5) is 0 Å². The molecule has 1 atom stereocenters. The molecule has 25 heavy (non-hydrogen) atoms. The van der Waals surface area contributed by atoms with Crippen molar-refractivity contribution in [1.82, 2.24) is 0 Å². The van der Waals surface area contributed by atoms with Crippen molar-refractivity contribution in [2.75, 3.05) is 13.2 Å². The van der Waals surface area contributed by atoms with Crippen molar-refractivity contribution >= 4 is 0 Å². The standard InChI is InChI=1S/C23H32O2/c1-3-4-5-6-7-8-17-25-18-19(2)20-9-11-21(12-10-20)22-13-15-23(24)16-14-22/h9-16,19,24H,3-8,17-18H2,1-2H3. The third-order valence-electron chi connectivity index (χ3n) is 4.69. The lowest BCUT2D eigenvalue weighted by Gasteiger charge is -2.13. The maximum atomic E-state index is 9.38. The molecule has 0 aliphatic carbocycles. The zero-order chi connectivity index (χ0) is 17.9. The summed E-state index contributed by atoms with van der Waals surface area (Å²) in [5.74, 6) is 0.713. The first-order chi connectivity index (χ1) is 12.2. The fourth-order valence-electron chi connectivity index (χ4n) is 3.00. The summed E-state index contributed by atoms with van der Waals surface area (Å²) in [4.78, 5) is 0. The number of ether oxygens (including phenoxy) is 1. The number of hydrogen-bond acceptors (Lipinski definition) is 2. The van der Waals surface area contributed by atoms with E-state index in [0.717, 1.165) is 18.8 Å². The Morgan fingerprint density at radius 2 is 1.36 bits per heavy atom. The quantitative estimate of drug-likeness (QED) is 0.471. The molecule has 0 spiro atoms. The number of hydrogen-bond donors (Lipinski definition) is 1. The molecular formula is C23H32O2. The lowest BCUT2D eigenvalue weighted by molar-refractivity contribution is 0.119. The van der Waals surface area contributed by atoms with Gasteiger partial charge in [0.05, 0.1) is 6.61 Å². The largest absolute Gasteiger partial charge is 0.508 e. The van der Waals surface area contributed by atoms with Crippen LogP contribution in [0, 0.1) is 0 Å². The number of unbranched alkanes of at least 4 members (excludes halogenated alkanes) is 5. The van der Waals surface area contributed by atoms with Crippen molar-refractivity contribution < 1.29 is 9.84 Å². The lowest BCUT2D eigenvalue weighted by Crippen LogP contribution is -2.05. The highest BCUT2D eigenvalue weighted by Gasteiger charge is 2.06. The van der Waals surface area contributed by atoms with Crippen molar-refractivity contribution in [1.29, 1.82) is 0 Å². The molecule has 0 fully saturated rings. The molecule has 0 heterocycles. The molecule has 0 amide bonds. The molecule has 1 unspecified atom stereocenters. The van der Waals surface area contributed by atoms with Crippen molar-refractivity contribution in [3.8, 4) is 16.9 Å². The maximum Gasteiger partial charge on any atom is 0.115 e. The molecule has 0 aromatic heterocycles. The average Bonchev–Trinajstić information content (AvgIpc) is 2.64. The Labute approximate surface area is 152 Å². The molecular weight excluding hydrogens is 308 g/mol. The van der Waals surface area contributed by atoms with E-state index in [0.29, 0.717) is 11.7 Å². The van der Waals surface area contributed by atoms with Crippen LogP contribution < -0.4 is 0 Å². The van der Waals surface area contributed by atoms with E-state index in [9.17, 15) is 5.11 Å². The zero-order valence-corrected chi connectivity index (χ0v) is 15.7. The summed E-state index contributed by atoms with van der Waals surface area (Å²) in [6.07, 6.45) is 7.83. The summed E-state index contributed by atoms with van der Waals surface area (Å²) in [6, 6.07) is 16.0. The van der Waals surface area contributed by atoms with E-state index >= 15 is 0 Å². The van der Waals surface area contributed by atoms with Gasteiger partial charge in [0.25, 0.3) is 0 Å². The summed E-state index contributed by atoms with van der Waals surface area (Å²) in [7, 11) is 0. The molecule has 2 aromatic carbocycles. The molecule has 0 saturated carbocycles. The average molecular weight is 341 g/mol. The minimum absolute atomic E-state index is 0.302. The van der Waals surface area contributed by atoms with E-state index in [-0.39, 0.29) is 0 Å². The van der Waals surface area contributed by atoms with Gasteiger partial charge in [0.15, 0.2) is 0 Å². The van der Waals surface area contributed by atoms with Crippen molar-refractivity contribution in [2.45, 2.75) is 58.3 Å². The normalized spacial score (nSPS) is 12.2. The molecule has 2 nitrogen and oxygen atoms in total. The van der Waals surface area contributed by atoms with Crippen LogP contribution in [0.1, 0.15) is 63.9 Å².